The van der Waals surface area contributed by atoms with Gasteiger partial charge in [-0.3, -0.25) is 0 Å². The van der Waals surface area contributed by atoms with Crippen molar-refractivity contribution in [2.24, 2.45) is 0 Å². The highest BCUT2D eigenvalue weighted by molar-refractivity contribution is 7.80. The quantitative estimate of drug-likeness (QED) is 0.692. The third kappa shape index (κ3) is 5.40. The van der Waals surface area contributed by atoms with Crippen molar-refractivity contribution in [1.29, 1.82) is 0 Å². The molecule has 0 amide bonds. The average Bonchev–Trinajstić information content (AvgIpc) is 1.99. The molecule has 0 heterocycles. The van der Waals surface area contributed by atoms with Crippen molar-refractivity contribution < 1.29 is 0 Å². The average molecular weight is 217 g/mol. The lowest BCUT2D eigenvalue weighted by molar-refractivity contribution is 0.197. The Balaban J connectivity index is 3.88. The van der Waals surface area contributed by atoms with Gasteiger partial charge in [0, 0.05) is 18.1 Å². The highest BCUT2D eigenvalue weighted by Crippen LogP contribution is 2.07. The Hall–Kier alpha value is -0.350. The fourth-order valence-corrected chi connectivity index (χ4v) is 1.08. The van der Waals surface area contributed by atoms with Crippen molar-refractivity contribution in [3.8, 4) is 0 Å². The molecule has 0 atom stereocenters. The van der Waals surface area contributed by atoms with Crippen LogP contribution in [-0.2, 0) is 0 Å². The molecule has 0 aliphatic heterocycles. The Morgan fingerprint density at radius 1 is 1.36 bits per heavy atom. The second kappa shape index (κ2) is 5.51. The summed E-state index contributed by atoms with van der Waals surface area (Å²) in [6.45, 7) is 9.35. The topological polar surface area (TPSA) is 27.3 Å². The molecule has 0 aromatic carbocycles. The second-order valence-corrected chi connectivity index (χ2v) is 5.10. The second-order valence-electron chi connectivity index (χ2n) is 4.69. The molecule has 0 aromatic heterocycles. The molecule has 0 rings (SSSR count). The summed E-state index contributed by atoms with van der Waals surface area (Å²) in [6.07, 6.45) is 0. The minimum atomic E-state index is 0.114. The van der Waals surface area contributed by atoms with Crippen molar-refractivity contribution in [1.82, 2.24) is 15.5 Å². The van der Waals surface area contributed by atoms with E-state index in [0.29, 0.717) is 6.04 Å². The van der Waals surface area contributed by atoms with Gasteiger partial charge in [0.05, 0.1) is 0 Å². The van der Waals surface area contributed by atoms with Gasteiger partial charge in [0.1, 0.15) is 0 Å². The first-order chi connectivity index (χ1) is 6.25. The van der Waals surface area contributed by atoms with E-state index in [2.05, 4.69) is 57.3 Å². The fourth-order valence-electron chi connectivity index (χ4n) is 0.768. The summed E-state index contributed by atoms with van der Waals surface area (Å²) in [5.41, 5.74) is 0.114. The zero-order chi connectivity index (χ0) is 11.4. The molecule has 0 aliphatic carbocycles. The summed E-state index contributed by atoms with van der Waals surface area (Å²) >= 11 is 5.14. The van der Waals surface area contributed by atoms with Gasteiger partial charge in [0.15, 0.2) is 5.11 Å². The molecule has 0 radical (unpaired) electrons. The summed E-state index contributed by atoms with van der Waals surface area (Å²) in [7, 11) is 4.14. The summed E-state index contributed by atoms with van der Waals surface area (Å²) in [6, 6.07) is 0.387. The van der Waals surface area contributed by atoms with Crippen LogP contribution in [0.5, 0.6) is 0 Å². The number of hydrogen-bond donors (Lipinski definition) is 2. The predicted molar refractivity (Wildman–Crippen MR) is 66.6 cm³/mol. The highest BCUT2D eigenvalue weighted by atomic mass is 32.1. The maximum Gasteiger partial charge on any atom is 0.166 e. The summed E-state index contributed by atoms with van der Waals surface area (Å²) in [5.74, 6) is 0. The largest absolute Gasteiger partial charge is 0.361 e. The van der Waals surface area contributed by atoms with Crippen molar-refractivity contribution in [2.45, 2.75) is 39.3 Å². The van der Waals surface area contributed by atoms with Crippen LogP contribution < -0.4 is 10.6 Å². The Morgan fingerprint density at radius 3 is 2.21 bits per heavy atom. The Kier molecular flexibility index (Phi) is 5.37. The van der Waals surface area contributed by atoms with Crippen LogP contribution in [0.25, 0.3) is 0 Å². The molecule has 0 aromatic rings. The lowest BCUT2D eigenvalue weighted by atomic mass is 10.1. The Morgan fingerprint density at radius 2 is 1.86 bits per heavy atom. The summed E-state index contributed by atoms with van der Waals surface area (Å²) in [4.78, 5) is 2.18. The molecule has 0 saturated heterocycles. The van der Waals surface area contributed by atoms with E-state index >= 15 is 0 Å². The van der Waals surface area contributed by atoms with Gasteiger partial charge < -0.3 is 15.5 Å². The van der Waals surface area contributed by atoms with Crippen molar-refractivity contribution in [3.63, 3.8) is 0 Å². The monoisotopic (exact) mass is 217 g/mol. The first kappa shape index (κ1) is 13.7. The van der Waals surface area contributed by atoms with Gasteiger partial charge in [-0.1, -0.05) is 0 Å². The molecule has 4 heteroatoms. The fraction of sp³-hybridized carbons (Fsp3) is 0.900. The number of nitrogens with one attached hydrogen (secondary N) is 2. The number of nitrogens with zero attached hydrogens (tertiary/aromatic N) is 1. The number of rotatable bonds is 4. The zero-order valence-corrected chi connectivity index (χ0v) is 11.0. The summed E-state index contributed by atoms with van der Waals surface area (Å²) in [5, 5.41) is 7.10. The first-order valence-electron chi connectivity index (χ1n) is 4.97. The molecule has 0 saturated carbocycles. The van der Waals surface area contributed by atoms with Crippen LogP contribution in [0.4, 0.5) is 0 Å². The van der Waals surface area contributed by atoms with Gasteiger partial charge in [-0.25, -0.2) is 0 Å². The van der Waals surface area contributed by atoms with E-state index in [1.54, 1.807) is 0 Å². The number of thiocarbonyl (C=S) groups is 1. The van der Waals surface area contributed by atoms with Crippen LogP contribution in [0, 0.1) is 0 Å². The third-order valence-electron chi connectivity index (χ3n) is 2.31. The van der Waals surface area contributed by atoms with Crippen LogP contribution in [0.15, 0.2) is 0 Å². The minimum absolute atomic E-state index is 0.114. The van der Waals surface area contributed by atoms with Gasteiger partial charge in [-0.15, -0.1) is 0 Å². The van der Waals surface area contributed by atoms with E-state index in [0.717, 1.165) is 11.7 Å². The smallest absolute Gasteiger partial charge is 0.166 e. The Labute approximate surface area is 93.2 Å². The molecule has 0 bridgehead atoms. The van der Waals surface area contributed by atoms with Crippen LogP contribution in [-0.4, -0.2) is 42.2 Å². The zero-order valence-electron chi connectivity index (χ0n) is 10.1. The van der Waals surface area contributed by atoms with Crippen molar-refractivity contribution in [2.75, 3.05) is 20.6 Å². The minimum Gasteiger partial charge on any atom is -0.361 e. The molecular weight excluding hydrogens is 194 g/mol. The van der Waals surface area contributed by atoms with E-state index in [-0.39, 0.29) is 5.54 Å². The SMILES string of the molecule is CC(C)NC(=S)NCC(C)(C)N(C)C. The number of likely N-dealkylation sites (N-methyl/N-ethyl adjacent to an activating group) is 1. The van der Waals surface area contributed by atoms with Gasteiger partial charge in [-0.2, -0.15) is 0 Å². The van der Waals surface area contributed by atoms with Crippen LogP contribution >= 0.6 is 12.2 Å². The molecule has 0 unspecified atom stereocenters. The molecule has 0 aliphatic rings. The molecular formula is C10H23N3S. The lowest BCUT2D eigenvalue weighted by Gasteiger charge is -2.33. The predicted octanol–water partition coefficient (Wildman–Crippen LogP) is 1.20. The van der Waals surface area contributed by atoms with E-state index in [1.807, 2.05) is 0 Å². The summed E-state index contributed by atoms with van der Waals surface area (Å²) < 4.78 is 0. The maximum atomic E-state index is 5.14. The molecule has 84 valence electrons. The standard InChI is InChI=1S/C10H23N3S/c1-8(2)12-9(14)11-7-10(3,4)13(5)6/h8H,7H2,1-6H3,(H2,11,12,14). The van der Waals surface area contributed by atoms with Crippen molar-refractivity contribution >= 4 is 17.3 Å². The van der Waals surface area contributed by atoms with E-state index in [4.69, 9.17) is 12.2 Å². The Bertz CT molecular complexity index is 188. The van der Waals surface area contributed by atoms with Crippen LogP contribution in [0.1, 0.15) is 27.7 Å². The van der Waals surface area contributed by atoms with Crippen molar-refractivity contribution in [3.05, 3.63) is 0 Å². The molecule has 14 heavy (non-hydrogen) atoms. The normalized spacial score (nSPS) is 12.0. The molecule has 3 nitrogen and oxygen atoms in total. The van der Waals surface area contributed by atoms with E-state index in [9.17, 15) is 0 Å². The third-order valence-corrected chi connectivity index (χ3v) is 2.57. The molecule has 0 spiro atoms. The molecule has 2 N–H and O–H groups in total. The highest BCUT2D eigenvalue weighted by Gasteiger charge is 2.20. The number of hydrogen-bond acceptors (Lipinski definition) is 2. The maximum absolute atomic E-state index is 5.14. The van der Waals surface area contributed by atoms with Gasteiger partial charge in [0.25, 0.3) is 0 Å². The lowest BCUT2D eigenvalue weighted by Crippen LogP contribution is -2.51. The molecule has 0 fully saturated rings. The van der Waals surface area contributed by atoms with Crippen LogP contribution in [0.3, 0.4) is 0 Å². The van der Waals surface area contributed by atoms with E-state index < -0.39 is 0 Å². The van der Waals surface area contributed by atoms with Gasteiger partial charge in [0.2, 0.25) is 0 Å². The van der Waals surface area contributed by atoms with E-state index in [1.165, 1.54) is 0 Å². The van der Waals surface area contributed by atoms with Gasteiger partial charge in [-0.05, 0) is 54.0 Å². The van der Waals surface area contributed by atoms with Gasteiger partial charge >= 0.3 is 0 Å². The first-order valence-corrected chi connectivity index (χ1v) is 5.38. The van der Waals surface area contributed by atoms with Crippen LogP contribution in [0.2, 0.25) is 0 Å².